The third kappa shape index (κ3) is 29.2. The van der Waals surface area contributed by atoms with E-state index in [0.717, 1.165) is 25.7 Å². The Hall–Kier alpha value is -2.93. The van der Waals surface area contributed by atoms with Crippen molar-refractivity contribution in [2.45, 2.75) is 200 Å². The van der Waals surface area contributed by atoms with Crippen LogP contribution in [0, 0.1) is 5.92 Å². The van der Waals surface area contributed by atoms with Crippen molar-refractivity contribution in [3.8, 4) is 0 Å². The van der Waals surface area contributed by atoms with Gasteiger partial charge in [0.15, 0.2) is 5.96 Å². The van der Waals surface area contributed by atoms with E-state index in [1.807, 2.05) is 20.8 Å². The Kier molecular flexibility index (Phi) is 31.8. The molecule has 0 saturated carbocycles. The van der Waals surface area contributed by atoms with E-state index in [0.29, 0.717) is 77.4 Å². The van der Waals surface area contributed by atoms with Crippen molar-refractivity contribution in [1.29, 1.82) is 0 Å². The Bertz CT molecular complexity index is 991. The number of amides is 4. The topological polar surface area (TPSA) is 233 Å². The smallest absolute Gasteiger partial charge is 0.243 e. The first-order valence-electron chi connectivity index (χ1n) is 21.1. The van der Waals surface area contributed by atoms with Crippen molar-refractivity contribution in [2.75, 3.05) is 19.6 Å². The molecule has 0 spiro atoms. The second kappa shape index (κ2) is 33.6. The molecule has 0 aliphatic heterocycles. The molecule has 0 saturated heterocycles. The minimum Gasteiger partial charge on any atom is -0.370 e. The molecule has 0 radical (unpaired) electrons. The second-order valence-electron chi connectivity index (χ2n) is 15.3. The highest BCUT2D eigenvalue weighted by atomic mass is 16.2. The number of carbonyl (C=O) groups excluding carboxylic acids is 4. The van der Waals surface area contributed by atoms with Crippen molar-refractivity contribution in [3.05, 3.63) is 0 Å². The highest BCUT2D eigenvalue weighted by Crippen LogP contribution is 2.14. The lowest BCUT2D eigenvalue weighted by Gasteiger charge is -2.27. The van der Waals surface area contributed by atoms with E-state index in [1.165, 1.54) is 64.2 Å². The predicted octanol–water partition coefficient (Wildman–Crippen LogP) is 4.78. The number of nitrogens with two attached hydrogens (primary N) is 4. The molecule has 310 valence electrons. The van der Waals surface area contributed by atoms with E-state index in [1.54, 1.807) is 0 Å². The van der Waals surface area contributed by atoms with Crippen molar-refractivity contribution < 1.29 is 19.2 Å². The lowest BCUT2D eigenvalue weighted by molar-refractivity contribution is -0.134. The van der Waals surface area contributed by atoms with E-state index in [9.17, 15) is 19.2 Å². The van der Waals surface area contributed by atoms with Crippen LogP contribution in [0.4, 0.5) is 0 Å². The summed E-state index contributed by atoms with van der Waals surface area (Å²) in [6, 6.07) is -2.60. The average molecular weight is 752 g/mol. The van der Waals surface area contributed by atoms with E-state index in [2.05, 4.69) is 33.2 Å². The molecule has 4 atom stereocenters. The van der Waals surface area contributed by atoms with E-state index in [-0.39, 0.29) is 29.7 Å². The first-order chi connectivity index (χ1) is 25.4. The second-order valence-corrected chi connectivity index (χ2v) is 15.3. The van der Waals surface area contributed by atoms with Gasteiger partial charge >= 0.3 is 0 Å². The van der Waals surface area contributed by atoms with Gasteiger partial charge in [-0.05, 0) is 90.1 Å². The van der Waals surface area contributed by atoms with E-state index < -0.39 is 29.9 Å². The normalized spacial score (nSPS) is 13.5. The van der Waals surface area contributed by atoms with Crippen LogP contribution in [0.5, 0.6) is 0 Å². The number of guanidine groups is 1. The molecule has 0 aromatic rings. The molecule has 0 unspecified atom stereocenters. The highest BCUT2D eigenvalue weighted by molar-refractivity contribution is 5.94. The summed E-state index contributed by atoms with van der Waals surface area (Å²) in [5, 5.41) is 11.8. The van der Waals surface area contributed by atoms with Gasteiger partial charge in [0.2, 0.25) is 23.6 Å². The van der Waals surface area contributed by atoms with Crippen LogP contribution >= 0.6 is 0 Å². The molecular weight excluding hydrogens is 670 g/mol. The number of unbranched alkanes of at least 4 members (excludes halogenated alkanes) is 14. The first kappa shape index (κ1) is 50.1. The number of aliphatic imine (C=N–C) groups is 1. The minimum atomic E-state index is -0.886. The number of hydrogen-bond donors (Lipinski definition) is 8. The molecule has 0 aromatic carbocycles. The zero-order chi connectivity index (χ0) is 39.7. The summed E-state index contributed by atoms with van der Waals surface area (Å²) in [4.78, 5) is 57.6. The summed E-state index contributed by atoms with van der Waals surface area (Å²) in [6.07, 6.45) is 21.6. The van der Waals surface area contributed by atoms with Gasteiger partial charge < -0.3 is 44.2 Å². The lowest BCUT2D eigenvalue weighted by atomic mass is 10.0. The molecule has 53 heavy (non-hydrogen) atoms. The standard InChI is InChI=1S/C40H81N9O4/c1-5-6-7-8-9-10-11-12-13-14-15-16-17-26-36(50)47-33(24-18-20-27-41)37(51)48-34(25-19-21-28-42)38(52)49-35(30-31(2)3)39(53)46-32(4)23-22-29-45-40(43)44/h31-35H,5-30,41-42H2,1-4H3,(H,46,53)(H,47,50)(H,48,51)(H,49,52)(H4,43,44,45)/t32-,33+,34+,35+/m1/s1. The van der Waals surface area contributed by atoms with Crippen LogP contribution in [0.3, 0.4) is 0 Å². The van der Waals surface area contributed by atoms with E-state index in [4.69, 9.17) is 22.9 Å². The Balaban J connectivity index is 5.20. The highest BCUT2D eigenvalue weighted by Gasteiger charge is 2.30. The third-order valence-electron chi connectivity index (χ3n) is 9.50. The summed E-state index contributed by atoms with van der Waals surface area (Å²) in [5.74, 6) is -1.13. The molecular formula is C40H81N9O4. The average Bonchev–Trinajstić information content (AvgIpc) is 3.10. The zero-order valence-corrected chi connectivity index (χ0v) is 34.2. The summed E-state index contributed by atoms with van der Waals surface area (Å²) in [6.45, 7) is 9.52. The summed E-state index contributed by atoms with van der Waals surface area (Å²) >= 11 is 0. The number of rotatable bonds is 35. The monoisotopic (exact) mass is 752 g/mol. The van der Waals surface area contributed by atoms with Crippen molar-refractivity contribution >= 4 is 29.6 Å². The van der Waals surface area contributed by atoms with Gasteiger partial charge in [-0.2, -0.15) is 0 Å². The fourth-order valence-corrected chi connectivity index (χ4v) is 6.36. The molecule has 0 heterocycles. The number of nitrogens with one attached hydrogen (secondary N) is 4. The summed E-state index contributed by atoms with van der Waals surface area (Å²) in [7, 11) is 0. The Labute approximate surface area is 322 Å². The van der Waals surface area contributed by atoms with Crippen LogP contribution in [0.15, 0.2) is 4.99 Å². The fraction of sp³-hybridized carbons (Fsp3) is 0.875. The van der Waals surface area contributed by atoms with Gasteiger partial charge in [0.05, 0.1) is 0 Å². The number of hydrogen-bond acceptors (Lipinski definition) is 7. The van der Waals surface area contributed by atoms with Crippen molar-refractivity contribution in [2.24, 2.45) is 33.8 Å². The van der Waals surface area contributed by atoms with Crippen LogP contribution in [-0.4, -0.2) is 73.4 Å². The Morgan fingerprint density at radius 2 is 0.981 bits per heavy atom. The van der Waals surface area contributed by atoms with Gasteiger partial charge in [-0.15, -0.1) is 0 Å². The number of carbonyl (C=O) groups is 4. The molecule has 0 rings (SSSR count). The van der Waals surface area contributed by atoms with Crippen LogP contribution < -0.4 is 44.2 Å². The van der Waals surface area contributed by atoms with Crippen LogP contribution in [0.2, 0.25) is 0 Å². The Morgan fingerprint density at radius 1 is 0.528 bits per heavy atom. The maximum atomic E-state index is 13.7. The van der Waals surface area contributed by atoms with Gasteiger partial charge in [-0.25, -0.2) is 0 Å². The molecule has 0 fully saturated rings. The molecule has 0 bridgehead atoms. The summed E-state index contributed by atoms with van der Waals surface area (Å²) < 4.78 is 0. The molecule has 12 N–H and O–H groups in total. The van der Waals surface area contributed by atoms with Crippen LogP contribution in [-0.2, 0) is 19.2 Å². The molecule has 13 nitrogen and oxygen atoms in total. The lowest BCUT2D eigenvalue weighted by Crippen LogP contribution is -2.57. The number of nitrogens with zero attached hydrogens (tertiary/aromatic N) is 1. The largest absolute Gasteiger partial charge is 0.370 e. The SMILES string of the molecule is CCCCCCCCCCCCCCCC(=O)N[C@@H](CCCCN)C(=O)N[C@@H](CCCCN)C(=O)N[C@@H](CC(C)C)C(=O)N[C@H](C)CCCN=C(N)N. The van der Waals surface area contributed by atoms with Crippen molar-refractivity contribution in [3.63, 3.8) is 0 Å². The Morgan fingerprint density at radius 3 is 1.45 bits per heavy atom. The fourth-order valence-electron chi connectivity index (χ4n) is 6.36. The first-order valence-corrected chi connectivity index (χ1v) is 21.1. The van der Waals surface area contributed by atoms with Crippen LogP contribution in [0.25, 0.3) is 0 Å². The molecule has 4 amide bonds. The van der Waals surface area contributed by atoms with Crippen LogP contribution in [0.1, 0.15) is 175 Å². The molecule has 0 aliphatic rings. The maximum absolute atomic E-state index is 13.7. The minimum absolute atomic E-state index is 0.0313. The molecule has 0 aromatic heterocycles. The molecule has 0 aliphatic carbocycles. The van der Waals surface area contributed by atoms with Gasteiger partial charge in [-0.1, -0.05) is 97.8 Å². The zero-order valence-electron chi connectivity index (χ0n) is 34.2. The van der Waals surface area contributed by atoms with Gasteiger partial charge in [0, 0.05) is 19.0 Å². The predicted molar refractivity (Wildman–Crippen MR) is 219 cm³/mol. The van der Waals surface area contributed by atoms with Crippen molar-refractivity contribution in [1.82, 2.24) is 21.3 Å². The molecule has 13 heteroatoms. The quantitative estimate of drug-likeness (QED) is 0.0254. The maximum Gasteiger partial charge on any atom is 0.243 e. The van der Waals surface area contributed by atoms with Gasteiger partial charge in [0.25, 0.3) is 0 Å². The van der Waals surface area contributed by atoms with Gasteiger partial charge in [0.1, 0.15) is 18.1 Å². The third-order valence-corrected chi connectivity index (χ3v) is 9.50. The van der Waals surface area contributed by atoms with Gasteiger partial charge in [-0.3, -0.25) is 24.2 Å². The van der Waals surface area contributed by atoms with E-state index >= 15 is 0 Å². The summed E-state index contributed by atoms with van der Waals surface area (Å²) in [5.41, 5.74) is 22.2.